The van der Waals surface area contributed by atoms with Gasteiger partial charge < -0.3 is 0 Å². The highest BCUT2D eigenvalue weighted by Crippen LogP contribution is 2.42. The number of likely N-dealkylation sites (tertiary alicyclic amines) is 1. The van der Waals surface area contributed by atoms with Crippen molar-refractivity contribution in [3.05, 3.63) is 0 Å². The molecule has 0 aromatic carbocycles. The van der Waals surface area contributed by atoms with E-state index in [0.29, 0.717) is 11.8 Å². The van der Waals surface area contributed by atoms with Gasteiger partial charge in [-0.3, -0.25) is 14.5 Å². The predicted octanol–water partition coefficient (Wildman–Crippen LogP) is 4.32. The van der Waals surface area contributed by atoms with Crippen LogP contribution in [0.4, 0.5) is 0 Å². The summed E-state index contributed by atoms with van der Waals surface area (Å²) in [6.07, 6.45) is 3.78. The predicted molar refractivity (Wildman–Crippen MR) is 138 cm³/mol. The first-order valence-corrected chi connectivity index (χ1v) is 15.9. The van der Waals surface area contributed by atoms with E-state index in [1.807, 2.05) is 47.0 Å². The first kappa shape index (κ1) is 25.5. The van der Waals surface area contributed by atoms with Gasteiger partial charge in [0.05, 0.1) is 11.8 Å². The molecular formula is C19H33NO2S6. The lowest BCUT2D eigenvalue weighted by atomic mass is 9.81. The third kappa shape index (κ3) is 8.40. The summed E-state index contributed by atoms with van der Waals surface area (Å²) in [7, 11) is 0. The second-order valence-electron chi connectivity index (χ2n) is 6.98. The average Bonchev–Trinajstić information content (AvgIpc) is 2.94. The molecule has 9 heteroatoms. The maximum Gasteiger partial charge on any atom is 0.233 e. The Bertz CT molecular complexity index is 481. The number of nitrogens with zero attached hydrogens (tertiary/aromatic N) is 1. The Balaban J connectivity index is 1.65. The molecule has 2 aliphatic rings. The van der Waals surface area contributed by atoms with E-state index >= 15 is 0 Å². The van der Waals surface area contributed by atoms with Crippen molar-refractivity contribution in [2.45, 2.75) is 30.9 Å². The van der Waals surface area contributed by atoms with Crippen LogP contribution in [-0.4, -0.2) is 80.3 Å². The van der Waals surface area contributed by atoms with Crippen LogP contribution in [0.5, 0.6) is 0 Å². The quantitative estimate of drug-likeness (QED) is 0.199. The zero-order chi connectivity index (χ0) is 20.2. The van der Waals surface area contributed by atoms with Gasteiger partial charge in [0.2, 0.25) is 11.8 Å². The highest BCUT2D eigenvalue weighted by atomic mass is 32.2. The molecule has 1 heterocycles. The minimum absolute atomic E-state index is 0.0341. The lowest BCUT2D eigenvalue weighted by molar-refractivity contribution is -0.139. The van der Waals surface area contributed by atoms with E-state index in [1.54, 1.807) is 4.90 Å². The molecule has 1 saturated carbocycles. The fourth-order valence-corrected chi connectivity index (χ4v) is 8.49. The fourth-order valence-electron chi connectivity index (χ4n) is 3.73. The number of carbonyl (C=O) groups is 2. The van der Waals surface area contributed by atoms with E-state index in [0.717, 1.165) is 77.5 Å². The van der Waals surface area contributed by atoms with Crippen LogP contribution in [0.2, 0.25) is 0 Å². The molecular weight excluding hydrogens is 467 g/mol. The summed E-state index contributed by atoms with van der Waals surface area (Å²) in [5, 5.41) is 0.542. The van der Waals surface area contributed by atoms with Gasteiger partial charge in [-0.05, 0) is 42.9 Å². The van der Waals surface area contributed by atoms with Crippen LogP contribution in [0.1, 0.15) is 25.7 Å². The summed E-state index contributed by atoms with van der Waals surface area (Å²) in [6.45, 7) is 0.611. The van der Waals surface area contributed by atoms with Crippen molar-refractivity contribution in [1.29, 1.82) is 0 Å². The maximum absolute atomic E-state index is 12.8. The Morgan fingerprint density at radius 2 is 1.39 bits per heavy atom. The van der Waals surface area contributed by atoms with Crippen molar-refractivity contribution >= 4 is 84.1 Å². The normalized spacial score (nSPS) is 24.8. The second kappa shape index (κ2) is 15.1. The molecule has 0 bridgehead atoms. The molecule has 3 atom stereocenters. The van der Waals surface area contributed by atoms with Gasteiger partial charge in [-0.1, -0.05) is 0 Å². The topological polar surface area (TPSA) is 37.4 Å². The maximum atomic E-state index is 12.8. The Hall–Kier alpha value is 1.24. The molecule has 162 valence electrons. The largest absolute Gasteiger partial charge is 0.282 e. The molecule has 0 N–H and O–H groups in total. The van der Waals surface area contributed by atoms with Gasteiger partial charge in [-0.15, -0.1) is 0 Å². The van der Waals surface area contributed by atoms with Gasteiger partial charge >= 0.3 is 0 Å². The van der Waals surface area contributed by atoms with Crippen LogP contribution in [0, 0.1) is 11.8 Å². The number of thiol groups is 2. The van der Waals surface area contributed by atoms with Crippen LogP contribution >= 0.6 is 72.3 Å². The van der Waals surface area contributed by atoms with Gasteiger partial charge in [0, 0.05) is 46.3 Å². The van der Waals surface area contributed by atoms with E-state index in [1.165, 1.54) is 0 Å². The Kier molecular flexibility index (Phi) is 13.8. The van der Waals surface area contributed by atoms with E-state index < -0.39 is 0 Å². The fraction of sp³-hybridized carbons (Fsp3) is 0.895. The van der Waals surface area contributed by atoms with Crippen molar-refractivity contribution in [3.8, 4) is 0 Å². The number of amides is 2. The zero-order valence-corrected chi connectivity index (χ0v) is 21.5. The average molecular weight is 500 g/mol. The number of thioether (sulfide) groups is 4. The van der Waals surface area contributed by atoms with Crippen molar-refractivity contribution in [2.75, 3.05) is 58.3 Å². The van der Waals surface area contributed by atoms with Crippen molar-refractivity contribution in [1.82, 2.24) is 4.90 Å². The van der Waals surface area contributed by atoms with Gasteiger partial charge in [0.25, 0.3) is 0 Å². The lowest BCUT2D eigenvalue weighted by Gasteiger charge is -2.28. The van der Waals surface area contributed by atoms with Crippen LogP contribution in [-0.2, 0) is 9.59 Å². The van der Waals surface area contributed by atoms with Crippen LogP contribution in [0.15, 0.2) is 0 Å². The third-order valence-electron chi connectivity index (χ3n) is 5.06. The third-order valence-corrected chi connectivity index (χ3v) is 11.0. The summed E-state index contributed by atoms with van der Waals surface area (Å²) >= 11 is 16.3. The molecule has 1 aliphatic heterocycles. The Morgan fingerprint density at radius 3 is 2.07 bits per heavy atom. The molecule has 2 fully saturated rings. The molecule has 1 aliphatic carbocycles. The first-order valence-electron chi connectivity index (χ1n) is 10.1. The first-order chi connectivity index (χ1) is 13.7. The number of fused-ring (bicyclic) bond motifs is 1. The molecule has 0 aromatic heterocycles. The Morgan fingerprint density at radius 1 is 0.786 bits per heavy atom. The summed E-state index contributed by atoms with van der Waals surface area (Å²) in [6, 6.07) is 0. The number of imide groups is 1. The minimum atomic E-state index is -0.0471. The monoisotopic (exact) mass is 499 g/mol. The molecule has 0 spiro atoms. The standard InChI is InChI=1S/C19H33NO2S6/c21-18-16-3-2-15(28-13-12-27-9-6-24)14-17(16)19(22)20(18)4-1-7-25-10-11-26-8-5-23/h15-17,23-24H,1-14H2. The number of hydrogen-bond acceptors (Lipinski definition) is 8. The number of rotatable bonds is 15. The molecule has 2 amide bonds. The van der Waals surface area contributed by atoms with Gasteiger partial charge in [-0.25, -0.2) is 0 Å². The molecule has 1 saturated heterocycles. The molecule has 3 nitrogen and oxygen atoms in total. The number of carbonyl (C=O) groups excluding carboxylic acids is 2. The smallest absolute Gasteiger partial charge is 0.233 e. The molecule has 0 aromatic rings. The van der Waals surface area contributed by atoms with Crippen molar-refractivity contribution in [2.24, 2.45) is 11.8 Å². The Labute approximate surface area is 198 Å². The minimum Gasteiger partial charge on any atom is -0.282 e. The number of hydrogen-bond donors (Lipinski definition) is 2. The van der Waals surface area contributed by atoms with E-state index in [2.05, 4.69) is 25.3 Å². The van der Waals surface area contributed by atoms with Crippen LogP contribution < -0.4 is 0 Å². The van der Waals surface area contributed by atoms with Crippen LogP contribution in [0.3, 0.4) is 0 Å². The van der Waals surface area contributed by atoms with Gasteiger partial charge in [-0.2, -0.15) is 72.3 Å². The summed E-state index contributed by atoms with van der Waals surface area (Å²) < 4.78 is 0. The molecule has 2 rings (SSSR count). The highest BCUT2D eigenvalue weighted by molar-refractivity contribution is 8.03. The van der Waals surface area contributed by atoms with E-state index in [9.17, 15) is 9.59 Å². The summed E-state index contributed by atoms with van der Waals surface area (Å²) in [5.41, 5.74) is 0. The van der Waals surface area contributed by atoms with Crippen LogP contribution in [0.25, 0.3) is 0 Å². The molecule has 3 unspecified atom stereocenters. The van der Waals surface area contributed by atoms with Gasteiger partial charge in [0.1, 0.15) is 0 Å². The SMILES string of the molecule is O=C1C2CCC(SCCSCCS)CC2C(=O)N1CCCSCCSCCS. The molecule has 28 heavy (non-hydrogen) atoms. The second-order valence-corrected chi connectivity index (χ2v) is 13.0. The lowest BCUT2D eigenvalue weighted by Crippen LogP contribution is -2.32. The van der Waals surface area contributed by atoms with E-state index in [-0.39, 0.29) is 23.7 Å². The summed E-state index contributed by atoms with van der Waals surface area (Å²) in [5.74, 6) is 9.82. The summed E-state index contributed by atoms with van der Waals surface area (Å²) in [4.78, 5) is 27.1. The van der Waals surface area contributed by atoms with Crippen molar-refractivity contribution < 1.29 is 9.59 Å². The van der Waals surface area contributed by atoms with Gasteiger partial charge in [0.15, 0.2) is 0 Å². The molecule has 0 radical (unpaired) electrons. The highest BCUT2D eigenvalue weighted by Gasteiger charge is 2.49. The van der Waals surface area contributed by atoms with E-state index in [4.69, 9.17) is 0 Å². The zero-order valence-electron chi connectivity index (χ0n) is 16.4. The van der Waals surface area contributed by atoms with Crippen molar-refractivity contribution in [3.63, 3.8) is 0 Å².